The molecule has 3 aliphatic rings. The van der Waals surface area contributed by atoms with E-state index in [1.165, 1.54) is 0 Å². The third kappa shape index (κ3) is 3.35. The molecular weight excluding hydrogens is 398 g/mol. The first kappa shape index (κ1) is 13.5. The molecule has 0 unspecified atom stereocenters. The van der Waals surface area contributed by atoms with Crippen LogP contribution in [0.2, 0.25) is 0 Å². The van der Waals surface area contributed by atoms with Crippen LogP contribution in [-0.2, 0) is 15.1 Å². The molecule has 160 valence electrons. The van der Waals surface area contributed by atoms with Crippen LogP contribution in [0.15, 0.2) is 60.7 Å². The molecule has 0 radical (unpaired) electrons. The van der Waals surface area contributed by atoms with Gasteiger partial charge in [0.25, 0.3) is 0 Å². The van der Waals surface area contributed by atoms with E-state index in [-0.39, 0.29) is 25.2 Å². The highest BCUT2D eigenvalue weighted by atomic mass is 35.5. The number of rotatable bonds is 4. The fourth-order valence-corrected chi connectivity index (χ4v) is 5.09. The van der Waals surface area contributed by atoms with Gasteiger partial charge in [0, 0.05) is 43.9 Å². The van der Waals surface area contributed by atoms with Crippen molar-refractivity contribution in [3.05, 3.63) is 71.8 Å². The van der Waals surface area contributed by atoms with E-state index in [0.717, 1.165) is 0 Å². The maximum absolute atomic E-state index is 13.6. The minimum Gasteiger partial charge on any atom is -1.00 e. The van der Waals surface area contributed by atoms with Gasteiger partial charge < -0.3 is 26.7 Å². The van der Waals surface area contributed by atoms with Gasteiger partial charge in [-0.2, -0.15) is 0 Å². The summed E-state index contributed by atoms with van der Waals surface area (Å²) in [5.74, 6) is -0.902. The zero-order chi connectivity index (χ0) is 27.1. The number of benzene rings is 2. The van der Waals surface area contributed by atoms with Crippen molar-refractivity contribution in [3.8, 4) is 0 Å². The van der Waals surface area contributed by atoms with E-state index in [2.05, 4.69) is 0 Å². The Hall–Kier alpha value is -1.88. The van der Waals surface area contributed by atoms with Gasteiger partial charge in [-0.25, -0.2) is 4.79 Å². The Morgan fingerprint density at radius 2 is 1.40 bits per heavy atom. The molecule has 0 amide bonds. The van der Waals surface area contributed by atoms with Crippen LogP contribution in [0.3, 0.4) is 0 Å². The second kappa shape index (κ2) is 8.33. The molecular formula is C25H30ClNO3. The quantitative estimate of drug-likeness (QED) is 0.570. The Kier molecular flexibility index (Phi) is 3.75. The van der Waals surface area contributed by atoms with Crippen molar-refractivity contribution in [2.75, 3.05) is 13.0 Å². The summed E-state index contributed by atoms with van der Waals surface area (Å²) in [4.78, 5) is 13.6. The molecule has 1 spiro atoms. The van der Waals surface area contributed by atoms with Crippen molar-refractivity contribution >= 4 is 5.97 Å². The van der Waals surface area contributed by atoms with Crippen molar-refractivity contribution in [2.24, 2.45) is 0 Å². The molecule has 0 saturated carbocycles. The summed E-state index contributed by atoms with van der Waals surface area (Å²) in [6.45, 7) is -5.68. The molecule has 2 aromatic carbocycles. The van der Waals surface area contributed by atoms with Crippen molar-refractivity contribution < 1.29 is 42.5 Å². The van der Waals surface area contributed by atoms with Crippen molar-refractivity contribution in [2.45, 2.75) is 62.2 Å². The molecule has 5 heteroatoms. The number of hydrogen-bond donors (Lipinski definition) is 1. The topological polar surface area (TPSA) is 46.5 Å². The molecule has 0 aliphatic carbocycles. The molecule has 5 rings (SSSR count). The summed E-state index contributed by atoms with van der Waals surface area (Å²) in [5, 5.41) is 11.7. The number of ether oxygens (including phenoxy) is 1. The van der Waals surface area contributed by atoms with E-state index in [1.54, 1.807) is 60.7 Å². The summed E-state index contributed by atoms with van der Waals surface area (Å²) in [7, 11) is 0. The molecule has 2 aromatic rings. The number of nitrogens with zero attached hydrogens (tertiary/aromatic N) is 1. The second-order valence-electron chi connectivity index (χ2n) is 8.08. The molecule has 1 N–H and O–H groups in total. The predicted octanol–water partition coefficient (Wildman–Crippen LogP) is 0.774. The third-order valence-electron chi connectivity index (χ3n) is 6.55. The summed E-state index contributed by atoms with van der Waals surface area (Å²) < 4.78 is 72.9. The van der Waals surface area contributed by atoms with Gasteiger partial charge in [-0.3, -0.25) is 0 Å². The third-order valence-corrected chi connectivity index (χ3v) is 6.55. The average molecular weight is 436 g/mol. The lowest BCUT2D eigenvalue weighted by molar-refractivity contribution is -0.956. The van der Waals surface area contributed by atoms with Gasteiger partial charge in [0.15, 0.2) is 0 Å². The zero-order valence-corrected chi connectivity index (χ0v) is 17.2. The minimum atomic E-state index is -3.07. The van der Waals surface area contributed by atoms with Gasteiger partial charge in [-0.1, -0.05) is 60.7 Å². The van der Waals surface area contributed by atoms with Crippen LogP contribution >= 0.6 is 0 Å². The number of quaternary nitrogens is 1. The number of carbonyl (C=O) groups excluding carboxylic acids is 1. The van der Waals surface area contributed by atoms with E-state index < -0.39 is 60.0 Å². The van der Waals surface area contributed by atoms with Crippen LogP contribution in [0.1, 0.15) is 60.5 Å². The van der Waals surface area contributed by atoms with Crippen LogP contribution in [0.5, 0.6) is 0 Å². The Labute approximate surface area is 196 Å². The molecule has 0 aromatic heterocycles. The summed E-state index contributed by atoms with van der Waals surface area (Å²) >= 11 is 0. The molecule has 2 atom stereocenters. The lowest BCUT2D eigenvalue weighted by atomic mass is 9.86. The molecule has 2 bridgehead atoms. The van der Waals surface area contributed by atoms with Gasteiger partial charge in [-0.15, -0.1) is 0 Å². The molecule has 30 heavy (non-hydrogen) atoms. The van der Waals surface area contributed by atoms with E-state index in [0.29, 0.717) is 24.0 Å². The SMILES string of the molecule is [2H]C1([2H])C([2H])([2H])C([2H])([2H])[N+]2([C@H]3CC[C@H]2CC(OC(=O)C(O)(c2ccccc2)c2ccccc2)C3)C1([2H])[2H].[Cl-]. The predicted molar refractivity (Wildman–Crippen MR) is 111 cm³/mol. The van der Waals surface area contributed by atoms with Crippen molar-refractivity contribution in [1.82, 2.24) is 0 Å². The lowest BCUT2D eigenvalue weighted by Gasteiger charge is -2.47. The van der Waals surface area contributed by atoms with Crippen LogP contribution in [0.4, 0.5) is 0 Å². The van der Waals surface area contributed by atoms with E-state index in [1.807, 2.05) is 0 Å². The first-order valence-electron chi connectivity index (χ1n) is 14.1. The number of halogens is 1. The number of aliphatic hydroxyl groups is 1. The summed E-state index contributed by atoms with van der Waals surface area (Å²) in [6.07, 6.45) is -6.14. The smallest absolute Gasteiger partial charge is 0.347 e. The van der Waals surface area contributed by atoms with E-state index >= 15 is 0 Å². The summed E-state index contributed by atoms with van der Waals surface area (Å²) in [5.41, 5.74) is -1.46. The molecule has 3 fully saturated rings. The van der Waals surface area contributed by atoms with Crippen LogP contribution in [-0.4, -0.2) is 46.7 Å². The van der Waals surface area contributed by atoms with Crippen LogP contribution in [0.25, 0.3) is 0 Å². The van der Waals surface area contributed by atoms with Gasteiger partial charge in [0.1, 0.15) is 6.10 Å². The van der Waals surface area contributed by atoms with Gasteiger partial charge >= 0.3 is 5.97 Å². The lowest BCUT2D eigenvalue weighted by Crippen LogP contribution is -3.00. The average Bonchev–Trinajstić information content (AvgIpc) is 3.13. The largest absolute Gasteiger partial charge is 1.00 e. The molecule has 3 aliphatic heterocycles. The number of hydrogen-bond acceptors (Lipinski definition) is 3. The Morgan fingerprint density at radius 3 is 1.87 bits per heavy atom. The zero-order valence-electron chi connectivity index (χ0n) is 24.4. The number of carbonyl (C=O) groups is 1. The number of piperidine rings is 1. The molecule has 4 nitrogen and oxygen atoms in total. The monoisotopic (exact) mass is 435 g/mol. The van der Waals surface area contributed by atoms with Crippen LogP contribution < -0.4 is 12.4 Å². The Bertz CT molecular complexity index is 1120. The maximum atomic E-state index is 13.6. The Balaban J connectivity index is 0.00000336. The molecule has 3 heterocycles. The van der Waals surface area contributed by atoms with Crippen molar-refractivity contribution in [3.63, 3.8) is 0 Å². The standard InChI is InChI=1S/C25H30NO3.ClH/c27-24(25(28,19-9-3-1-4-10-19)20-11-5-2-6-12-20)29-23-17-21-13-14-22(18-23)26(21)15-7-8-16-26;/h1-6,9-12,21-23,28H,7-8,13-18H2;1H/q+1;/p-1/t21-,22-;/m0./s1/i7D2,8D2,15D2,16D2;. The highest BCUT2D eigenvalue weighted by Crippen LogP contribution is 2.46. The van der Waals surface area contributed by atoms with Gasteiger partial charge in [0.05, 0.1) is 30.6 Å². The fourth-order valence-electron chi connectivity index (χ4n) is 5.09. The highest BCUT2D eigenvalue weighted by Gasteiger charge is 2.56. The van der Waals surface area contributed by atoms with E-state index in [9.17, 15) is 9.90 Å². The van der Waals surface area contributed by atoms with Crippen LogP contribution in [0, 0.1) is 0 Å². The Morgan fingerprint density at radius 1 is 0.933 bits per heavy atom. The first-order valence-corrected chi connectivity index (χ1v) is 10.1. The summed E-state index contributed by atoms with van der Waals surface area (Å²) in [6, 6.07) is 15.2. The van der Waals surface area contributed by atoms with Gasteiger partial charge in [-0.05, 0) is 11.1 Å². The normalized spacial score (nSPS) is 37.6. The van der Waals surface area contributed by atoms with Crippen molar-refractivity contribution in [1.29, 1.82) is 0 Å². The fraction of sp³-hybridized carbons (Fsp3) is 0.480. The number of esters is 1. The minimum absolute atomic E-state index is 0. The molecule has 3 saturated heterocycles. The second-order valence-corrected chi connectivity index (χ2v) is 8.08. The van der Waals surface area contributed by atoms with Gasteiger partial charge in [0.2, 0.25) is 5.60 Å². The maximum Gasteiger partial charge on any atom is 0.347 e. The van der Waals surface area contributed by atoms with E-state index in [4.69, 9.17) is 15.7 Å². The first-order chi connectivity index (χ1) is 17.2. The highest BCUT2D eigenvalue weighted by molar-refractivity contribution is 5.85.